The lowest BCUT2D eigenvalue weighted by atomic mass is 9.89. The van der Waals surface area contributed by atoms with Crippen LogP contribution in [-0.2, 0) is 9.59 Å². The first-order valence-electron chi connectivity index (χ1n) is 11.1. The van der Waals surface area contributed by atoms with Crippen molar-refractivity contribution >= 4 is 47.2 Å². The number of rotatable bonds is 5. The highest BCUT2D eigenvalue weighted by Gasteiger charge is 2.38. The van der Waals surface area contributed by atoms with Gasteiger partial charge in [-0.25, -0.2) is 0 Å². The van der Waals surface area contributed by atoms with Gasteiger partial charge in [-0.3, -0.25) is 14.4 Å². The maximum Gasteiger partial charge on any atom is 0.258 e. The van der Waals surface area contributed by atoms with Crippen LogP contribution in [0.15, 0.2) is 78.9 Å². The molecular weight excluding hydrogens is 448 g/mol. The smallest absolute Gasteiger partial charge is 0.258 e. The van der Waals surface area contributed by atoms with Gasteiger partial charge in [0.15, 0.2) is 0 Å². The van der Waals surface area contributed by atoms with E-state index in [1.807, 2.05) is 60.4 Å². The van der Waals surface area contributed by atoms with E-state index < -0.39 is 0 Å². The minimum absolute atomic E-state index is 0.0759. The average molecular weight is 473 g/mol. The SMILES string of the molecule is CC(=O)N(c1ccc(Cl)cc1)[C@@H]1C[C@H](C)N(C(=O)c2ccc(C=CC=O)cc2)c2ccccc21. The van der Waals surface area contributed by atoms with Crippen molar-refractivity contribution in [3.05, 3.63) is 101 Å². The molecule has 0 N–H and O–H groups in total. The average Bonchev–Trinajstić information content (AvgIpc) is 2.84. The molecule has 0 spiro atoms. The highest BCUT2D eigenvalue weighted by atomic mass is 35.5. The Hall–Kier alpha value is -3.70. The van der Waals surface area contributed by atoms with Gasteiger partial charge in [-0.05, 0) is 73.0 Å². The summed E-state index contributed by atoms with van der Waals surface area (Å²) in [4.78, 5) is 40.5. The number of fused-ring (bicyclic) bond motifs is 1. The van der Waals surface area contributed by atoms with Gasteiger partial charge in [-0.1, -0.05) is 48.0 Å². The molecule has 0 radical (unpaired) electrons. The van der Waals surface area contributed by atoms with Gasteiger partial charge in [-0.15, -0.1) is 0 Å². The molecule has 5 nitrogen and oxygen atoms in total. The van der Waals surface area contributed by atoms with Gasteiger partial charge in [0.05, 0.1) is 6.04 Å². The van der Waals surface area contributed by atoms with Gasteiger partial charge in [0.1, 0.15) is 6.29 Å². The summed E-state index contributed by atoms with van der Waals surface area (Å²) < 4.78 is 0. The van der Waals surface area contributed by atoms with E-state index in [1.54, 1.807) is 42.2 Å². The van der Waals surface area contributed by atoms with E-state index in [0.717, 1.165) is 28.8 Å². The third-order valence-electron chi connectivity index (χ3n) is 6.06. The fraction of sp³-hybridized carbons (Fsp3) is 0.179. The fourth-order valence-corrected chi connectivity index (χ4v) is 4.67. The fourth-order valence-electron chi connectivity index (χ4n) is 4.54. The van der Waals surface area contributed by atoms with Gasteiger partial charge in [-0.2, -0.15) is 0 Å². The molecule has 0 aromatic heterocycles. The number of allylic oxidation sites excluding steroid dienone is 1. The highest BCUT2D eigenvalue weighted by molar-refractivity contribution is 6.30. The first-order chi connectivity index (χ1) is 16.4. The molecule has 0 bridgehead atoms. The molecule has 0 saturated heterocycles. The summed E-state index contributed by atoms with van der Waals surface area (Å²) in [6.45, 7) is 3.56. The second-order valence-electron chi connectivity index (χ2n) is 8.32. The van der Waals surface area contributed by atoms with Gasteiger partial charge in [0, 0.05) is 34.9 Å². The van der Waals surface area contributed by atoms with Gasteiger partial charge >= 0.3 is 0 Å². The summed E-state index contributed by atoms with van der Waals surface area (Å²) in [5, 5.41) is 0.606. The number of hydrogen-bond donors (Lipinski definition) is 0. The van der Waals surface area contributed by atoms with E-state index in [2.05, 4.69) is 0 Å². The van der Waals surface area contributed by atoms with Crippen LogP contribution in [0.2, 0.25) is 5.02 Å². The topological polar surface area (TPSA) is 57.7 Å². The lowest BCUT2D eigenvalue weighted by Gasteiger charge is -2.43. The van der Waals surface area contributed by atoms with Crippen LogP contribution in [0.5, 0.6) is 0 Å². The predicted octanol–water partition coefficient (Wildman–Crippen LogP) is 6.09. The zero-order chi connectivity index (χ0) is 24.2. The van der Waals surface area contributed by atoms with E-state index in [-0.39, 0.29) is 23.9 Å². The lowest BCUT2D eigenvalue weighted by molar-refractivity contribution is -0.117. The minimum atomic E-state index is -0.218. The zero-order valence-corrected chi connectivity index (χ0v) is 19.8. The summed E-state index contributed by atoms with van der Waals surface area (Å²) in [5.41, 5.74) is 3.88. The number of halogens is 1. The van der Waals surface area contributed by atoms with Crippen molar-refractivity contribution in [3.8, 4) is 0 Å². The molecule has 2 amide bonds. The standard InChI is InChI=1S/C28H25ClN2O3/c1-19-18-27(31(20(2)33)24-15-13-23(29)14-16-24)25-7-3-4-8-26(25)30(19)28(34)22-11-9-21(10-12-22)6-5-17-32/h3-17,19,27H,18H2,1-2H3/t19-,27+/m0/s1. The van der Waals surface area contributed by atoms with Crippen LogP contribution in [0.1, 0.15) is 47.8 Å². The van der Waals surface area contributed by atoms with Crippen molar-refractivity contribution in [2.45, 2.75) is 32.4 Å². The Bertz CT molecular complexity index is 1240. The Labute approximate surface area is 204 Å². The van der Waals surface area contributed by atoms with Crippen LogP contribution < -0.4 is 9.80 Å². The normalized spacial score (nSPS) is 17.3. The molecule has 0 saturated carbocycles. The first kappa shape index (κ1) is 23.5. The number of hydrogen-bond acceptors (Lipinski definition) is 3. The number of benzene rings is 3. The van der Waals surface area contributed by atoms with Crippen LogP contribution in [0, 0.1) is 0 Å². The molecule has 0 aliphatic carbocycles. The molecule has 0 unspecified atom stereocenters. The van der Waals surface area contributed by atoms with Crippen molar-refractivity contribution in [1.82, 2.24) is 0 Å². The van der Waals surface area contributed by atoms with E-state index in [4.69, 9.17) is 11.6 Å². The van der Waals surface area contributed by atoms with Crippen molar-refractivity contribution in [2.24, 2.45) is 0 Å². The van der Waals surface area contributed by atoms with Gasteiger partial charge < -0.3 is 9.80 Å². The summed E-state index contributed by atoms with van der Waals surface area (Å²) in [6.07, 6.45) is 4.42. The number of carbonyl (C=O) groups is 3. The number of aldehydes is 1. The third-order valence-corrected chi connectivity index (χ3v) is 6.31. The van der Waals surface area contributed by atoms with Crippen LogP contribution in [0.3, 0.4) is 0 Å². The van der Waals surface area contributed by atoms with Crippen LogP contribution in [-0.4, -0.2) is 24.1 Å². The van der Waals surface area contributed by atoms with Crippen LogP contribution in [0.4, 0.5) is 11.4 Å². The van der Waals surface area contributed by atoms with E-state index in [9.17, 15) is 14.4 Å². The van der Waals surface area contributed by atoms with Crippen molar-refractivity contribution in [2.75, 3.05) is 9.80 Å². The Morgan fingerprint density at radius 1 is 1.00 bits per heavy atom. The van der Waals surface area contributed by atoms with Crippen molar-refractivity contribution < 1.29 is 14.4 Å². The molecule has 1 aliphatic heterocycles. The Kier molecular flexibility index (Phi) is 6.94. The largest absolute Gasteiger partial charge is 0.305 e. The minimum Gasteiger partial charge on any atom is -0.305 e. The quantitative estimate of drug-likeness (QED) is 0.333. The highest BCUT2D eigenvalue weighted by Crippen LogP contribution is 2.42. The number of anilines is 2. The van der Waals surface area contributed by atoms with E-state index >= 15 is 0 Å². The van der Waals surface area contributed by atoms with Crippen LogP contribution in [0.25, 0.3) is 6.08 Å². The molecular formula is C28H25ClN2O3. The monoisotopic (exact) mass is 472 g/mol. The second-order valence-corrected chi connectivity index (χ2v) is 8.75. The summed E-state index contributed by atoms with van der Waals surface area (Å²) in [7, 11) is 0. The van der Waals surface area contributed by atoms with Crippen molar-refractivity contribution in [3.63, 3.8) is 0 Å². The number of para-hydroxylation sites is 1. The van der Waals surface area contributed by atoms with E-state index in [0.29, 0.717) is 17.0 Å². The van der Waals surface area contributed by atoms with Crippen LogP contribution >= 0.6 is 11.6 Å². The molecule has 34 heavy (non-hydrogen) atoms. The molecule has 1 heterocycles. The Morgan fingerprint density at radius 2 is 1.68 bits per heavy atom. The third kappa shape index (κ3) is 4.66. The number of nitrogens with zero attached hydrogens (tertiary/aromatic N) is 2. The Balaban J connectivity index is 1.71. The maximum atomic E-state index is 13.6. The first-order valence-corrected chi connectivity index (χ1v) is 11.5. The summed E-state index contributed by atoms with van der Waals surface area (Å²) in [6, 6.07) is 21.8. The molecule has 4 rings (SSSR count). The molecule has 6 heteroatoms. The zero-order valence-electron chi connectivity index (χ0n) is 19.0. The Morgan fingerprint density at radius 3 is 2.32 bits per heavy atom. The van der Waals surface area contributed by atoms with Gasteiger partial charge in [0.25, 0.3) is 5.91 Å². The molecule has 3 aromatic rings. The lowest BCUT2D eigenvalue weighted by Crippen LogP contribution is -2.47. The second kappa shape index (κ2) is 10.1. The summed E-state index contributed by atoms with van der Waals surface area (Å²) in [5.74, 6) is -0.182. The number of amides is 2. The summed E-state index contributed by atoms with van der Waals surface area (Å²) >= 11 is 6.07. The number of carbonyl (C=O) groups excluding carboxylic acids is 3. The molecule has 2 atom stereocenters. The molecule has 1 aliphatic rings. The van der Waals surface area contributed by atoms with Crippen molar-refractivity contribution in [1.29, 1.82) is 0 Å². The maximum absolute atomic E-state index is 13.6. The molecule has 0 fully saturated rings. The molecule has 3 aromatic carbocycles. The van der Waals surface area contributed by atoms with Gasteiger partial charge in [0.2, 0.25) is 5.91 Å². The predicted molar refractivity (Wildman–Crippen MR) is 136 cm³/mol. The van der Waals surface area contributed by atoms with E-state index in [1.165, 1.54) is 6.08 Å². The molecule has 172 valence electrons.